The Hall–Kier alpha value is -4.25. The highest BCUT2D eigenvalue weighted by molar-refractivity contribution is 8.05. The van der Waals surface area contributed by atoms with Crippen molar-refractivity contribution in [2.75, 3.05) is 0 Å². The molecule has 0 radical (unpaired) electrons. The predicted octanol–water partition coefficient (Wildman–Crippen LogP) is 10.8. The molecular weight excluding hydrogens is 549 g/mol. The van der Waals surface area contributed by atoms with E-state index in [1.165, 1.54) is 63.6 Å². The number of rotatable bonds is 2. The van der Waals surface area contributed by atoms with Crippen LogP contribution in [0, 0.1) is 0 Å². The minimum atomic E-state index is -0.107. The Morgan fingerprint density at radius 2 is 1.40 bits per heavy atom. The van der Waals surface area contributed by atoms with E-state index in [2.05, 4.69) is 128 Å². The Labute approximate surface area is 253 Å². The summed E-state index contributed by atoms with van der Waals surface area (Å²) in [5.41, 5.74) is 11.1. The summed E-state index contributed by atoms with van der Waals surface area (Å²) in [5, 5.41) is 2.66. The average Bonchev–Trinajstić information content (AvgIpc) is 3.50. The molecule has 0 amide bonds. The first-order valence-electron chi connectivity index (χ1n) is 14.3. The zero-order chi connectivity index (χ0) is 28.0. The van der Waals surface area contributed by atoms with Crippen LogP contribution in [-0.2, 0) is 5.41 Å². The highest BCUT2D eigenvalue weighted by Gasteiger charge is 2.38. The minimum absolute atomic E-state index is 0.107. The first-order chi connectivity index (χ1) is 20.6. The van der Waals surface area contributed by atoms with Crippen molar-refractivity contribution in [2.24, 2.45) is 0 Å². The summed E-state index contributed by atoms with van der Waals surface area (Å²) in [6.07, 6.45) is 2.04. The fourth-order valence-corrected chi connectivity index (χ4v) is 9.39. The van der Waals surface area contributed by atoms with Crippen LogP contribution in [0.1, 0.15) is 25.0 Å². The molecule has 42 heavy (non-hydrogen) atoms. The van der Waals surface area contributed by atoms with Gasteiger partial charge >= 0.3 is 0 Å². The van der Waals surface area contributed by atoms with Gasteiger partial charge in [0.2, 0.25) is 0 Å². The molecule has 0 saturated heterocycles. The highest BCUT2D eigenvalue weighted by Crippen LogP contribution is 2.56. The predicted molar refractivity (Wildman–Crippen MR) is 176 cm³/mol. The van der Waals surface area contributed by atoms with Gasteiger partial charge in [-0.05, 0) is 58.7 Å². The summed E-state index contributed by atoms with van der Waals surface area (Å²) >= 11 is 3.77. The van der Waals surface area contributed by atoms with Gasteiger partial charge in [0.25, 0.3) is 0 Å². The Bertz CT molecular complexity index is 2210. The van der Waals surface area contributed by atoms with E-state index in [9.17, 15) is 0 Å². The molecule has 0 unspecified atom stereocenters. The van der Waals surface area contributed by atoms with Crippen LogP contribution >= 0.6 is 23.5 Å². The summed E-state index contributed by atoms with van der Waals surface area (Å²) in [5.74, 6) is 0. The van der Waals surface area contributed by atoms with Crippen LogP contribution < -0.4 is 0 Å². The van der Waals surface area contributed by atoms with Crippen LogP contribution in [0.3, 0.4) is 0 Å². The third-order valence-corrected chi connectivity index (χ3v) is 11.5. The molecule has 5 aromatic carbocycles. The van der Waals surface area contributed by atoms with E-state index in [4.69, 9.17) is 4.98 Å². The standard InChI is InChI=1S/C38H26N2S2/c1-38(2)28-13-7-6-12-25(28)26-17-20-30-34(35(26)38)27-18-21-33-37(42-32-15-9-8-14-31(32)41-33)36(27)40(30)24-16-19-29(39-22-24)23-10-4-3-5-11-23/h3-22H,1-2H3. The summed E-state index contributed by atoms with van der Waals surface area (Å²) in [7, 11) is 0. The monoisotopic (exact) mass is 574 g/mol. The summed E-state index contributed by atoms with van der Waals surface area (Å²) in [6.45, 7) is 4.77. The van der Waals surface area contributed by atoms with Crippen LogP contribution in [0.2, 0.25) is 0 Å². The van der Waals surface area contributed by atoms with E-state index >= 15 is 0 Å². The van der Waals surface area contributed by atoms with E-state index in [1.54, 1.807) is 0 Å². The normalized spacial score (nSPS) is 14.4. The molecule has 2 aromatic heterocycles. The van der Waals surface area contributed by atoms with E-state index < -0.39 is 0 Å². The van der Waals surface area contributed by atoms with E-state index in [1.807, 2.05) is 35.8 Å². The second kappa shape index (κ2) is 8.87. The largest absolute Gasteiger partial charge is 0.306 e. The number of aromatic nitrogens is 2. The van der Waals surface area contributed by atoms with Gasteiger partial charge in [0.1, 0.15) is 0 Å². The van der Waals surface area contributed by atoms with Crippen LogP contribution in [-0.4, -0.2) is 9.55 Å². The second-order valence-electron chi connectivity index (χ2n) is 11.6. The number of benzene rings is 5. The number of hydrogen-bond acceptors (Lipinski definition) is 3. The quantitative estimate of drug-likeness (QED) is 0.204. The molecule has 0 atom stereocenters. The van der Waals surface area contributed by atoms with Gasteiger partial charge in [-0.15, -0.1) is 0 Å². The van der Waals surface area contributed by atoms with Crippen molar-refractivity contribution in [1.29, 1.82) is 0 Å². The maximum absolute atomic E-state index is 4.97. The van der Waals surface area contributed by atoms with Crippen LogP contribution in [0.5, 0.6) is 0 Å². The fraction of sp³-hybridized carbons (Fsp3) is 0.0789. The fourth-order valence-electron chi connectivity index (χ4n) is 7.01. The Morgan fingerprint density at radius 3 is 2.21 bits per heavy atom. The Morgan fingerprint density at radius 1 is 0.643 bits per heavy atom. The summed E-state index contributed by atoms with van der Waals surface area (Å²) in [4.78, 5) is 10.2. The second-order valence-corrected chi connectivity index (χ2v) is 13.7. The van der Waals surface area contributed by atoms with E-state index in [0.717, 1.165) is 16.9 Å². The maximum atomic E-state index is 4.97. The third kappa shape index (κ3) is 3.34. The highest BCUT2D eigenvalue weighted by atomic mass is 32.2. The molecular formula is C38H26N2S2. The van der Waals surface area contributed by atoms with Gasteiger partial charge in [0.05, 0.1) is 33.5 Å². The van der Waals surface area contributed by atoms with Crippen LogP contribution in [0.4, 0.5) is 0 Å². The molecule has 4 heteroatoms. The van der Waals surface area contributed by atoms with Gasteiger partial charge in [-0.1, -0.05) is 116 Å². The van der Waals surface area contributed by atoms with Gasteiger partial charge in [-0.2, -0.15) is 0 Å². The van der Waals surface area contributed by atoms with Gasteiger partial charge in [0, 0.05) is 36.4 Å². The molecule has 1 aliphatic carbocycles. The smallest absolute Gasteiger partial charge is 0.0703 e. The Balaban J connectivity index is 1.37. The number of fused-ring (bicyclic) bond motifs is 10. The lowest BCUT2D eigenvalue weighted by Crippen LogP contribution is -2.15. The first-order valence-corrected chi connectivity index (χ1v) is 15.9. The topological polar surface area (TPSA) is 17.8 Å². The van der Waals surface area contributed by atoms with E-state index in [0.29, 0.717) is 0 Å². The number of nitrogens with zero attached hydrogens (tertiary/aromatic N) is 2. The van der Waals surface area contributed by atoms with Crippen molar-refractivity contribution < 1.29 is 0 Å². The maximum Gasteiger partial charge on any atom is 0.0703 e. The average molecular weight is 575 g/mol. The SMILES string of the molecule is CC1(C)c2ccccc2-c2ccc3c(c21)c1ccc2c(c1n3-c1ccc(-c3ccccc3)nc1)Sc1ccccc1S2. The van der Waals surface area contributed by atoms with Crippen molar-refractivity contribution in [2.45, 2.75) is 38.8 Å². The van der Waals surface area contributed by atoms with Crippen molar-refractivity contribution in [3.05, 3.63) is 133 Å². The molecule has 2 nitrogen and oxygen atoms in total. The molecule has 2 aliphatic rings. The molecule has 0 fully saturated rings. The van der Waals surface area contributed by atoms with Gasteiger partial charge < -0.3 is 4.57 Å². The molecule has 0 bridgehead atoms. The summed E-state index contributed by atoms with van der Waals surface area (Å²) < 4.78 is 2.46. The zero-order valence-corrected chi connectivity index (χ0v) is 24.9. The lowest BCUT2D eigenvalue weighted by molar-refractivity contribution is 0.666. The molecule has 0 spiro atoms. The lowest BCUT2D eigenvalue weighted by atomic mass is 9.80. The van der Waals surface area contributed by atoms with E-state index in [-0.39, 0.29) is 5.41 Å². The molecule has 0 saturated carbocycles. The third-order valence-electron chi connectivity index (χ3n) is 8.88. The minimum Gasteiger partial charge on any atom is -0.306 e. The van der Waals surface area contributed by atoms with Crippen LogP contribution in [0.15, 0.2) is 141 Å². The van der Waals surface area contributed by atoms with Crippen molar-refractivity contribution in [1.82, 2.24) is 9.55 Å². The molecule has 9 rings (SSSR count). The van der Waals surface area contributed by atoms with Crippen LogP contribution in [0.25, 0.3) is 49.9 Å². The number of pyridine rings is 1. The van der Waals surface area contributed by atoms with Crippen molar-refractivity contribution in [3.8, 4) is 28.1 Å². The van der Waals surface area contributed by atoms with Gasteiger partial charge in [-0.25, -0.2) is 0 Å². The lowest BCUT2D eigenvalue weighted by Gasteiger charge is -2.22. The molecule has 7 aromatic rings. The van der Waals surface area contributed by atoms with Gasteiger partial charge in [0.15, 0.2) is 0 Å². The number of hydrogen-bond donors (Lipinski definition) is 0. The zero-order valence-electron chi connectivity index (χ0n) is 23.3. The summed E-state index contributed by atoms with van der Waals surface area (Å²) in [6, 6.07) is 41.9. The van der Waals surface area contributed by atoms with Crippen molar-refractivity contribution in [3.63, 3.8) is 0 Å². The van der Waals surface area contributed by atoms with Gasteiger partial charge in [-0.3, -0.25) is 4.98 Å². The molecule has 0 N–H and O–H groups in total. The first kappa shape index (κ1) is 24.4. The molecule has 3 heterocycles. The molecule has 1 aliphatic heterocycles. The van der Waals surface area contributed by atoms with Crippen molar-refractivity contribution >= 4 is 45.3 Å². The Kier molecular flexibility index (Phi) is 5.15. The molecule has 200 valence electrons.